The molecular formula is C25H22ClN9. The Morgan fingerprint density at radius 1 is 1.06 bits per heavy atom. The van der Waals surface area contributed by atoms with E-state index in [0.717, 1.165) is 61.7 Å². The van der Waals surface area contributed by atoms with Gasteiger partial charge in [-0.15, -0.1) is 10.2 Å². The third-order valence-electron chi connectivity index (χ3n) is 8.08. The van der Waals surface area contributed by atoms with Crippen LogP contribution in [0.3, 0.4) is 0 Å². The lowest BCUT2D eigenvalue weighted by molar-refractivity contribution is 0.0574. The molecule has 3 fully saturated rings. The molecule has 4 aliphatic rings. The number of hydrogen-bond donors (Lipinski definition) is 0. The molecule has 4 heterocycles. The first-order valence-electron chi connectivity index (χ1n) is 11.9. The minimum atomic E-state index is -0.401. The van der Waals surface area contributed by atoms with Crippen molar-refractivity contribution in [3.63, 3.8) is 0 Å². The molecule has 3 aromatic rings. The average molecular weight is 484 g/mol. The third kappa shape index (κ3) is 3.16. The molecule has 174 valence electrons. The summed E-state index contributed by atoms with van der Waals surface area (Å²) in [6.45, 7) is 3.07. The fourth-order valence-corrected chi connectivity index (χ4v) is 6.30. The Morgan fingerprint density at radius 2 is 1.89 bits per heavy atom. The Kier molecular flexibility index (Phi) is 4.30. The van der Waals surface area contributed by atoms with Gasteiger partial charge < -0.3 is 4.90 Å². The van der Waals surface area contributed by atoms with Gasteiger partial charge in [0, 0.05) is 42.2 Å². The van der Waals surface area contributed by atoms with Gasteiger partial charge >= 0.3 is 0 Å². The van der Waals surface area contributed by atoms with Crippen molar-refractivity contribution in [2.45, 2.75) is 50.2 Å². The van der Waals surface area contributed by atoms with Gasteiger partial charge in [0.1, 0.15) is 23.1 Å². The Labute approximate surface area is 207 Å². The Balaban J connectivity index is 1.15. The molecule has 2 saturated carbocycles. The Bertz CT molecular complexity index is 1430. The summed E-state index contributed by atoms with van der Waals surface area (Å²) >= 11 is 6.37. The molecule has 1 spiro atoms. The molecule has 0 N–H and O–H groups in total. The second-order valence-electron chi connectivity index (χ2n) is 10.4. The monoisotopic (exact) mass is 483 g/mol. The second kappa shape index (κ2) is 7.24. The van der Waals surface area contributed by atoms with Crippen molar-refractivity contribution in [3.8, 4) is 17.8 Å². The molecular weight excluding hydrogens is 462 g/mol. The van der Waals surface area contributed by atoms with Gasteiger partial charge in [-0.3, -0.25) is 9.47 Å². The minimum absolute atomic E-state index is 0.238. The van der Waals surface area contributed by atoms with Crippen LogP contribution in [0.1, 0.15) is 54.5 Å². The number of rotatable bonds is 3. The first-order valence-corrected chi connectivity index (χ1v) is 12.3. The van der Waals surface area contributed by atoms with E-state index < -0.39 is 5.54 Å². The quantitative estimate of drug-likeness (QED) is 0.557. The largest absolute Gasteiger partial charge is 0.340 e. The van der Waals surface area contributed by atoms with Crippen LogP contribution in [0.5, 0.6) is 0 Å². The van der Waals surface area contributed by atoms with Crippen molar-refractivity contribution in [2.75, 3.05) is 18.0 Å². The highest BCUT2D eigenvalue weighted by atomic mass is 35.5. The van der Waals surface area contributed by atoms with Crippen LogP contribution in [-0.2, 0) is 13.1 Å². The molecule has 0 atom stereocenters. The summed E-state index contributed by atoms with van der Waals surface area (Å²) in [4.78, 5) is 13.1. The standard InChI is InChI=1S/C25H22ClN9/c26-18-1-2-20-16(7-18)11-34(25(13-28)4-5-25)12-21-31-32-22(35(20)21)17-8-24(9-17)14-33(15-24)23-29-6-3-19(10-27)30-23/h1-3,6-7,17H,4-5,8-9,11-12,14-15H2. The summed E-state index contributed by atoms with van der Waals surface area (Å²) in [7, 11) is 0. The SMILES string of the molecule is N#Cc1ccnc(N2CC3(CC(c4nnc5n4-c4ccc(Cl)cc4CN(C4(C#N)CC4)C5)C3)C2)n1. The molecule has 2 aliphatic heterocycles. The van der Waals surface area contributed by atoms with Crippen LogP contribution in [0, 0.1) is 28.1 Å². The predicted octanol–water partition coefficient (Wildman–Crippen LogP) is 3.34. The van der Waals surface area contributed by atoms with Crippen LogP contribution < -0.4 is 4.90 Å². The van der Waals surface area contributed by atoms with E-state index in [1.165, 1.54) is 0 Å². The smallest absolute Gasteiger partial charge is 0.226 e. The average Bonchev–Trinajstić information content (AvgIpc) is 3.55. The maximum absolute atomic E-state index is 9.83. The first-order chi connectivity index (χ1) is 17.0. The van der Waals surface area contributed by atoms with Crippen LogP contribution in [0.25, 0.3) is 5.69 Å². The zero-order chi connectivity index (χ0) is 23.8. The molecule has 7 rings (SSSR count). The van der Waals surface area contributed by atoms with Crippen molar-refractivity contribution in [3.05, 3.63) is 58.4 Å². The first kappa shape index (κ1) is 20.8. The molecule has 0 amide bonds. The Morgan fingerprint density at radius 3 is 2.63 bits per heavy atom. The molecule has 2 aliphatic carbocycles. The molecule has 0 bridgehead atoms. The topological polar surface area (TPSA) is 111 Å². The zero-order valence-corrected chi connectivity index (χ0v) is 19.8. The molecule has 35 heavy (non-hydrogen) atoms. The summed E-state index contributed by atoms with van der Waals surface area (Å²) < 4.78 is 2.21. The summed E-state index contributed by atoms with van der Waals surface area (Å²) in [6, 6.07) is 12.2. The van der Waals surface area contributed by atoms with Gasteiger partial charge in [0.2, 0.25) is 5.95 Å². The van der Waals surface area contributed by atoms with Gasteiger partial charge in [0.25, 0.3) is 0 Å². The number of nitriles is 2. The molecule has 2 aromatic heterocycles. The number of nitrogens with zero attached hydrogens (tertiary/aromatic N) is 9. The lowest BCUT2D eigenvalue weighted by Gasteiger charge is -2.58. The second-order valence-corrected chi connectivity index (χ2v) is 10.8. The highest BCUT2D eigenvalue weighted by Gasteiger charge is 2.55. The van der Waals surface area contributed by atoms with Crippen molar-refractivity contribution in [2.24, 2.45) is 5.41 Å². The van der Waals surface area contributed by atoms with E-state index in [9.17, 15) is 5.26 Å². The van der Waals surface area contributed by atoms with Gasteiger partial charge in [0.05, 0.1) is 18.3 Å². The van der Waals surface area contributed by atoms with Gasteiger partial charge in [-0.05, 0) is 55.5 Å². The number of halogens is 1. The maximum Gasteiger partial charge on any atom is 0.226 e. The number of anilines is 1. The van der Waals surface area contributed by atoms with Crippen molar-refractivity contribution in [1.82, 2.24) is 29.6 Å². The summed E-state index contributed by atoms with van der Waals surface area (Å²) in [6.07, 6.45) is 5.50. The predicted molar refractivity (Wildman–Crippen MR) is 127 cm³/mol. The van der Waals surface area contributed by atoms with E-state index in [1.54, 1.807) is 12.3 Å². The van der Waals surface area contributed by atoms with Crippen LogP contribution in [-0.4, -0.2) is 48.3 Å². The van der Waals surface area contributed by atoms with E-state index in [2.05, 4.69) is 52.7 Å². The highest BCUT2D eigenvalue weighted by molar-refractivity contribution is 6.30. The summed E-state index contributed by atoms with van der Waals surface area (Å²) in [5.41, 5.74) is 2.41. The molecule has 0 unspecified atom stereocenters. The number of aromatic nitrogens is 5. The maximum atomic E-state index is 9.83. The lowest BCUT2D eigenvalue weighted by atomic mass is 9.57. The van der Waals surface area contributed by atoms with E-state index in [4.69, 9.17) is 16.9 Å². The van der Waals surface area contributed by atoms with E-state index in [-0.39, 0.29) is 5.41 Å². The van der Waals surface area contributed by atoms with Crippen molar-refractivity contribution in [1.29, 1.82) is 10.5 Å². The summed E-state index contributed by atoms with van der Waals surface area (Å²) in [5.74, 6) is 2.84. The van der Waals surface area contributed by atoms with E-state index >= 15 is 0 Å². The zero-order valence-electron chi connectivity index (χ0n) is 19.0. The van der Waals surface area contributed by atoms with E-state index in [1.807, 2.05) is 12.1 Å². The number of fused-ring (bicyclic) bond motifs is 3. The van der Waals surface area contributed by atoms with Gasteiger partial charge in [-0.25, -0.2) is 9.97 Å². The lowest BCUT2D eigenvalue weighted by Crippen LogP contribution is -2.62. The summed E-state index contributed by atoms with van der Waals surface area (Å²) in [5, 5.41) is 28.9. The van der Waals surface area contributed by atoms with E-state index in [0.29, 0.717) is 35.7 Å². The fourth-order valence-electron chi connectivity index (χ4n) is 6.10. The van der Waals surface area contributed by atoms with Gasteiger partial charge in [0.15, 0.2) is 5.82 Å². The van der Waals surface area contributed by atoms with Gasteiger partial charge in [-0.2, -0.15) is 10.5 Å². The van der Waals surface area contributed by atoms with Gasteiger partial charge in [-0.1, -0.05) is 11.6 Å². The number of benzene rings is 1. The fraction of sp³-hybridized carbons (Fsp3) is 0.440. The molecule has 1 aromatic carbocycles. The highest BCUT2D eigenvalue weighted by Crippen LogP contribution is 2.56. The van der Waals surface area contributed by atoms with Crippen LogP contribution in [0.15, 0.2) is 30.5 Å². The number of hydrogen-bond acceptors (Lipinski definition) is 8. The third-order valence-corrected chi connectivity index (χ3v) is 8.32. The van der Waals surface area contributed by atoms with Crippen LogP contribution in [0.2, 0.25) is 5.02 Å². The molecule has 9 nitrogen and oxygen atoms in total. The minimum Gasteiger partial charge on any atom is -0.340 e. The van der Waals surface area contributed by atoms with Crippen LogP contribution in [0.4, 0.5) is 5.95 Å². The van der Waals surface area contributed by atoms with Crippen molar-refractivity contribution >= 4 is 17.5 Å². The molecule has 1 saturated heterocycles. The van der Waals surface area contributed by atoms with Crippen molar-refractivity contribution < 1.29 is 0 Å². The Hall–Kier alpha value is -3.53. The van der Waals surface area contributed by atoms with Crippen LogP contribution >= 0.6 is 11.6 Å². The molecule has 10 heteroatoms. The normalized spacial score (nSPS) is 21.6. The molecule has 0 radical (unpaired) electrons.